The molecule has 0 aliphatic carbocycles. The number of hydrogen-bond acceptors (Lipinski definition) is 6. The van der Waals surface area contributed by atoms with Crippen LogP contribution in [0.5, 0.6) is 17.2 Å². The van der Waals surface area contributed by atoms with Crippen molar-refractivity contribution in [1.29, 1.82) is 0 Å². The molecule has 0 spiro atoms. The number of fused-ring (bicyclic) bond motifs is 1. The minimum atomic E-state index is -0.472. The largest absolute Gasteiger partial charge is 0.502 e. The number of aromatic hydroxyl groups is 1. The fourth-order valence-electron chi connectivity index (χ4n) is 2.66. The van der Waals surface area contributed by atoms with E-state index >= 15 is 0 Å². The molecule has 3 aromatic rings. The molecule has 6 nitrogen and oxygen atoms in total. The first-order valence-corrected chi connectivity index (χ1v) is 8.79. The minimum Gasteiger partial charge on any atom is -0.502 e. The number of methoxy groups -OCH3 is 1. The highest BCUT2D eigenvalue weighted by Gasteiger charge is 2.17. The summed E-state index contributed by atoms with van der Waals surface area (Å²) in [5.41, 5.74) is 0.454. The fourth-order valence-corrected chi connectivity index (χ4v) is 2.66. The van der Waals surface area contributed by atoms with E-state index in [2.05, 4.69) is 6.92 Å². The van der Waals surface area contributed by atoms with Gasteiger partial charge in [0.2, 0.25) is 11.2 Å². The van der Waals surface area contributed by atoms with Gasteiger partial charge in [0, 0.05) is 12.7 Å². The third-order valence-corrected chi connectivity index (χ3v) is 4.07. The first kappa shape index (κ1) is 18.8. The lowest BCUT2D eigenvalue weighted by Crippen LogP contribution is -2.04. The molecule has 0 saturated carbocycles. The van der Waals surface area contributed by atoms with Crippen LogP contribution in [0.3, 0.4) is 0 Å². The molecule has 0 amide bonds. The van der Waals surface area contributed by atoms with Gasteiger partial charge in [-0.3, -0.25) is 4.79 Å². The number of rotatable bonds is 8. The number of unbranched alkanes of at least 4 members (excludes halogenated alkanes) is 1. The molecule has 27 heavy (non-hydrogen) atoms. The Morgan fingerprint density at radius 1 is 1.07 bits per heavy atom. The van der Waals surface area contributed by atoms with Crippen LogP contribution < -0.4 is 14.9 Å². The Hall–Kier alpha value is -2.99. The average molecular weight is 370 g/mol. The van der Waals surface area contributed by atoms with Crippen LogP contribution in [0.1, 0.15) is 19.8 Å². The van der Waals surface area contributed by atoms with E-state index in [0.29, 0.717) is 34.6 Å². The molecule has 0 bridgehead atoms. The van der Waals surface area contributed by atoms with Crippen LogP contribution in [0, 0.1) is 0 Å². The molecule has 3 rings (SSSR count). The van der Waals surface area contributed by atoms with E-state index in [0.717, 1.165) is 12.8 Å². The fraction of sp³-hybridized carbons (Fsp3) is 0.286. The van der Waals surface area contributed by atoms with Crippen molar-refractivity contribution >= 4 is 11.0 Å². The van der Waals surface area contributed by atoms with Gasteiger partial charge in [0.15, 0.2) is 24.1 Å². The smallest absolute Gasteiger partial charge is 0.235 e. The molecule has 0 saturated heterocycles. The maximum Gasteiger partial charge on any atom is 0.235 e. The third-order valence-electron chi connectivity index (χ3n) is 4.07. The summed E-state index contributed by atoms with van der Waals surface area (Å²) in [5.74, 6) is 0.670. The van der Waals surface area contributed by atoms with E-state index in [9.17, 15) is 9.90 Å². The molecule has 1 aromatic heterocycles. The summed E-state index contributed by atoms with van der Waals surface area (Å²) < 4.78 is 22.1. The van der Waals surface area contributed by atoms with Gasteiger partial charge >= 0.3 is 0 Å². The molecule has 0 aliphatic rings. The number of ether oxygens (including phenoxy) is 3. The molecule has 0 radical (unpaired) electrons. The van der Waals surface area contributed by atoms with Crippen molar-refractivity contribution in [2.45, 2.75) is 19.8 Å². The van der Waals surface area contributed by atoms with Crippen LogP contribution in [-0.4, -0.2) is 25.6 Å². The molecule has 2 aromatic carbocycles. The lowest BCUT2D eigenvalue weighted by atomic mass is 10.1. The number of benzene rings is 2. The van der Waals surface area contributed by atoms with E-state index in [1.807, 2.05) is 0 Å². The summed E-state index contributed by atoms with van der Waals surface area (Å²) in [6.45, 7) is 2.68. The third kappa shape index (κ3) is 4.06. The zero-order valence-corrected chi connectivity index (χ0v) is 15.4. The summed E-state index contributed by atoms with van der Waals surface area (Å²) in [6, 6.07) is 11.9. The Kier molecular flexibility index (Phi) is 5.98. The van der Waals surface area contributed by atoms with Crippen molar-refractivity contribution in [3.63, 3.8) is 0 Å². The van der Waals surface area contributed by atoms with Gasteiger partial charge in [-0.15, -0.1) is 0 Å². The maximum absolute atomic E-state index is 12.4. The quantitative estimate of drug-likeness (QED) is 0.470. The topological polar surface area (TPSA) is 78.1 Å². The molecule has 142 valence electrons. The van der Waals surface area contributed by atoms with E-state index in [4.69, 9.17) is 18.6 Å². The second-order valence-electron chi connectivity index (χ2n) is 6.02. The predicted molar refractivity (Wildman–Crippen MR) is 102 cm³/mol. The van der Waals surface area contributed by atoms with Gasteiger partial charge in [-0.1, -0.05) is 25.5 Å². The molecule has 1 heterocycles. The van der Waals surface area contributed by atoms with Crippen LogP contribution in [-0.2, 0) is 4.74 Å². The standard InChI is InChI=1S/C21H22O6/c1-3-4-11-25-18-12-14(9-10-17(18)26-13-24-2)21-20(23)19(22)15-7-5-6-8-16(15)27-21/h5-10,12,23H,3-4,11,13H2,1-2H3. The van der Waals surface area contributed by atoms with Crippen molar-refractivity contribution in [3.8, 4) is 28.6 Å². The van der Waals surface area contributed by atoms with Crippen LogP contribution in [0.25, 0.3) is 22.3 Å². The molecule has 0 aliphatic heterocycles. The highest BCUT2D eigenvalue weighted by molar-refractivity contribution is 5.82. The van der Waals surface area contributed by atoms with Crippen LogP contribution in [0.2, 0.25) is 0 Å². The van der Waals surface area contributed by atoms with Gasteiger partial charge in [-0.05, 0) is 36.8 Å². The first-order chi connectivity index (χ1) is 13.2. The Balaban J connectivity index is 2.05. The van der Waals surface area contributed by atoms with E-state index in [1.54, 1.807) is 42.5 Å². The van der Waals surface area contributed by atoms with Crippen molar-refractivity contribution < 1.29 is 23.7 Å². The van der Waals surface area contributed by atoms with Gasteiger partial charge < -0.3 is 23.7 Å². The normalized spacial score (nSPS) is 10.9. The van der Waals surface area contributed by atoms with Gasteiger partial charge in [0.1, 0.15) is 5.58 Å². The predicted octanol–water partition coefficient (Wildman–Crippen LogP) is 4.33. The minimum absolute atomic E-state index is 0.0831. The first-order valence-electron chi connectivity index (χ1n) is 8.79. The highest BCUT2D eigenvalue weighted by atomic mass is 16.7. The second-order valence-corrected chi connectivity index (χ2v) is 6.02. The lowest BCUT2D eigenvalue weighted by molar-refractivity contribution is 0.0486. The maximum atomic E-state index is 12.4. The van der Waals surface area contributed by atoms with Crippen LogP contribution in [0.15, 0.2) is 51.7 Å². The SMILES string of the molecule is CCCCOc1cc(-c2oc3ccccc3c(=O)c2O)ccc1OCOC. The number of para-hydroxylation sites is 1. The summed E-state index contributed by atoms with van der Waals surface area (Å²) in [6.07, 6.45) is 1.89. The molecule has 6 heteroatoms. The van der Waals surface area contributed by atoms with Crippen LogP contribution >= 0.6 is 0 Å². The Morgan fingerprint density at radius 3 is 2.67 bits per heavy atom. The van der Waals surface area contributed by atoms with Crippen molar-refractivity contribution in [2.75, 3.05) is 20.5 Å². The molecular formula is C21H22O6. The van der Waals surface area contributed by atoms with E-state index in [-0.39, 0.29) is 12.6 Å². The zero-order chi connectivity index (χ0) is 19.2. The van der Waals surface area contributed by atoms with Crippen molar-refractivity contribution in [2.24, 2.45) is 0 Å². The van der Waals surface area contributed by atoms with Gasteiger partial charge in [-0.2, -0.15) is 0 Å². The van der Waals surface area contributed by atoms with E-state index < -0.39 is 11.2 Å². The molecular weight excluding hydrogens is 348 g/mol. The molecule has 1 N–H and O–H groups in total. The Labute approximate surface area is 156 Å². The molecule has 0 unspecified atom stereocenters. The van der Waals surface area contributed by atoms with Crippen LogP contribution in [0.4, 0.5) is 0 Å². The summed E-state index contributed by atoms with van der Waals surface area (Å²) in [4.78, 5) is 12.4. The van der Waals surface area contributed by atoms with Crippen molar-refractivity contribution in [3.05, 3.63) is 52.7 Å². The van der Waals surface area contributed by atoms with Gasteiger partial charge in [0.05, 0.1) is 12.0 Å². The Morgan fingerprint density at radius 2 is 1.89 bits per heavy atom. The highest BCUT2D eigenvalue weighted by Crippen LogP contribution is 2.36. The average Bonchev–Trinajstić information content (AvgIpc) is 2.70. The number of hydrogen-bond donors (Lipinski definition) is 1. The second kappa shape index (κ2) is 8.60. The lowest BCUT2D eigenvalue weighted by Gasteiger charge is -2.14. The van der Waals surface area contributed by atoms with Crippen molar-refractivity contribution in [1.82, 2.24) is 0 Å². The Bertz CT molecular complexity index is 976. The zero-order valence-electron chi connectivity index (χ0n) is 15.4. The summed E-state index contributed by atoms with van der Waals surface area (Å²) >= 11 is 0. The monoisotopic (exact) mass is 370 g/mol. The molecule has 0 fully saturated rings. The van der Waals surface area contributed by atoms with E-state index in [1.165, 1.54) is 7.11 Å². The van der Waals surface area contributed by atoms with Gasteiger partial charge in [-0.25, -0.2) is 0 Å². The molecule has 0 atom stereocenters. The van der Waals surface area contributed by atoms with Gasteiger partial charge in [0.25, 0.3) is 0 Å². The summed E-state index contributed by atoms with van der Waals surface area (Å²) in [7, 11) is 1.54. The summed E-state index contributed by atoms with van der Waals surface area (Å²) in [5, 5.41) is 10.7.